The Morgan fingerprint density at radius 2 is 2.33 bits per heavy atom. The summed E-state index contributed by atoms with van der Waals surface area (Å²) in [6.07, 6.45) is 7.14. The van der Waals surface area contributed by atoms with Crippen molar-refractivity contribution in [2.24, 2.45) is 0 Å². The van der Waals surface area contributed by atoms with Gasteiger partial charge in [0.25, 0.3) is 0 Å². The van der Waals surface area contributed by atoms with E-state index in [-0.39, 0.29) is 11.9 Å². The minimum absolute atomic E-state index is 0.285. The fraction of sp³-hybridized carbons (Fsp3) is 0.375. The SMILES string of the molecule is N#Cc1ccc(CN2CCCC[C@@H]2c2cn[nH]c2)c(F)c1. The van der Waals surface area contributed by atoms with Crippen LogP contribution in [0.2, 0.25) is 0 Å². The molecule has 0 bridgehead atoms. The van der Waals surface area contributed by atoms with Crippen LogP contribution in [0.4, 0.5) is 4.39 Å². The minimum Gasteiger partial charge on any atom is -0.292 e. The second-order valence-electron chi connectivity index (χ2n) is 5.43. The molecule has 5 heteroatoms. The van der Waals surface area contributed by atoms with Crippen LogP contribution in [-0.4, -0.2) is 21.6 Å². The standard InChI is InChI=1S/C16H17FN4/c17-15-7-12(8-18)4-5-13(15)11-21-6-2-1-3-16(21)14-9-19-20-10-14/h4-5,7,9-10,16H,1-3,6,11H2,(H,19,20)/t16-/m1/s1. The van der Waals surface area contributed by atoms with E-state index in [4.69, 9.17) is 5.26 Å². The summed E-state index contributed by atoms with van der Waals surface area (Å²) in [6, 6.07) is 6.95. The molecular formula is C16H17FN4. The molecule has 2 aromatic rings. The van der Waals surface area contributed by atoms with Crippen molar-refractivity contribution in [3.63, 3.8) is 0 Å². The first kappa shape index (κ1) is 13.8. The van der Waals surface area contributed by atoms with Gasteiger partial charge in [0.15, 0.2) is 0 Å². The van der Waals surface area contributed by atoms with Gasteiger partial charge in [-0.25, -0.2) is 4.39 Å². The molecule has 0 unspecified atom stereocenters. The molecule has 0 amide bonds. The van der Waals surface area contributed by atoms with Crippen molar-refractivity contribution >= 4 is 0 Å². The third-order valence-corrected chi connectivity index (χ3v) is 4.07. The zero-order valence-electron chi connectivity index (χ0n) is 11.7. The zero-order valence-corrected chi connectivity index (χ0v) is 11.7. The van der Waals surface area contributed by atoms with E-state index in [0.29, 0.717) is 17.7 Å². The van der Waals surface area contributed by atoms with Crippen LogP contribution in [0.3, 0.4) is 0 Å². The van der Waals surface area contributed by atoms with Gasteiger partial charge in [-0.2, -0.15) is 10.4 Å². The van der Waals surface area contributed by atoms with Crippen molar-refractivity contribution in [1.29, 1.82) is 5.26 Å². The highest BCUT2D eigenvalue weighted by Crippen LogP contribution is 2.31. The first-order chi connectivity index (χ1) is 10.3. The maximum absolute atomic E-state index is 14.1. The molecule has 1 aliphatic rings. The second kappa shape index (κ2) is 6.06. The number of H-pyrrole nitrogens is 1. The van der Waals surface area contributed by atoms with Crippen molar-refractivity contribution in [3.8, 4) is 6.07 Å². The number of nitrogens with one attached hydrogen (secondary N) is 1. The normalized spacial score (nSPS) is 19.3. The van der Waals surface area contributed by atoms with Gasteiger partial charge in [0, 0.05) is 29.9 Å². The zero-order chi connectivity index (χ0) is 14.7. The number of aromatic amines is 1. The molecule has 3 rings (SSSR count). The Bertz CT molecular complexity index is 645. The number of hydrogen-bond donors (Lipinski definition) is 1. The number of rotatable bonds is 3. The van der Waals surface area contributed by atoms with E-state index < -0.39 is 0 Å². The molecule has 0 spiro atoms. The molecule has 1 aliphatic heterocycles. The Labute approximate surface area is 123 Å². The van der Waals surface area contributed by atoms with Crippen LogP contribution in [0.15, 0.2) is 30.6 Å². The number of piperidine rings is 1. The highest BCUT2D eigenvalue weighted by molar-refractivity contribution is 5.33. The fourth-order valence-electron chi connectivity index (χ4n) is 2.96. The first-order valence-electron chi connectivity index (χ1n) is 7.19. The summed E-state index contributed by atoms with van der Waals surface area (Å²) in [7, 11) is 0. The average molecular weight is 284 g/mol. The van der Waals surface area contributed by atoms with Crippen LogP contribution in [0.1, 0.15) is 42.0 Å². The lowest BCUT2D eigenvalue weighted by Crippen LogP contribution is -2.33. The summed E-state index contributed by atoms with van der Waals surface area (Å²) in [5.74, 6) is -0.300. The Hall–Kier alpha value is -2.19. The molecule has 0 saturated carbocycles. The number of hydrogen-bond acceptors (Lipinski definition) is 3. The summed E-state index contributed by atoms with van der Waals surface area (Å²) in [6.45, 7) is 1.52. The van der Waals surface area contributed by atoms with Crippen LogP contribution in [-0.2, 0) is 6.54 Å². The van der Waals surface area contributed by atoms with E-state index in [1.54, 1.807) is 12.1 Å². The van der Waals surface area contributed by atoms with E-state index in [1.165, 1.54) is 12.5 Å². The maximum Gasteiger partial charge on any atom is 0.129 e. The van der Waals surface area contributed by atoms with Crippen LogP contribution in [0.25, 0.3) is 0 Å². The number of nitrogens with zero attached hydrogens (tertiary/aromatic N) is 3. The molecule has 4 nitrogen and oxygen atoms in total. The Morgan fingerprint density at radius 3 is 3.05 bits per heavy atom. The molecule has 1 atom stereocenters. The Kier molecular flexibility index (Phi) is 3.98. The number of likely N-dealkylation sites (tertiary alicyclic amines) is 1. The first-order valence-corrected chi connectivity index (χ1v) is 7.19. The van der Waals surface area contributed by atoms with Gasteiger partial charge in [-0.1, -0.05) is 12.5 Å². The van der Waals surface area contributed by atoms with Gasteiger partial charge < -0.3 is 0 Å². The van der Waals surface area contributed by atoms with E-state index >= 15 is 0 Å². The van der Waals surface area contributed by atoms with E-state index in [2.05, 4.69) is 15.1 Å². The molecule has 2 heterocycles. The predicted molar refractivity (Wildman–Crippen MR) is 76.7 cm³/mol. The summed E-state index contributed by atoms with van der Waals surface area (Å²) >= 11 is 0. The number of benzene rings is 1. The van der Waals surface area contributed by atoms with E-state index in [9.17, 15) is 4.39 Å². The minimum atomic E-state index is -0.300. The topological polar surface area (TPSA) is 55.7 Å². The Morgan fingerprint density at radius 1 is 1.43 bits per heavy atom. The van der Waals surface area contributed by atoms with Crippen LogP contribution in [0, 0.1) is 17.1 Å². The molecule has 0 aliphatic carbocycles. The fourth-order valence-corrected chi connectivity index (χ4v) is 2.96. The van der Waals surface area contributed by atoms with Crippen LogP contribution in [0.5, 0.6) is 0 Å². The number of aromatic nitrogens is 2. The summed E-state index contributed by atoms with van der Waals surface area (Å²) < 4.78 is 14.1. The summed E-state index contributed by atoms with van der Waals surface area (Å²) in [5.41, 5.74) is 2.16. The van der Waals surface area contributed by atoms with Crippen molar-refractivity contribution in [2.45, 2.75) is 31.8 Å². The van der Waals surface area contributed by atoms with Gasteiger partial charge in [0.1, 0.15) is 5.82 Å². The summed E-state index contributed by atoms with van der Waals surface area (Å²) in [5, 5.41) is 15.7. The molecule has 108 valence electrons. The van der Waals surface area contributed by atoms with Gasteiger partial charge in [-0.05, 0) is 31.5 Å². The van der Waals surface area contributed by atoms with Crippen molar-refractivity contribution in [3.05, 3.63) is 53.1 Å². The molecule has 1 fully saturated rings. The molecule has 21 heavy (non-hydrogen) atoms. The number of nitriles is 1. The van der Waals surface area contributed by atoms with E-state index in [1.807, 2.05) is 18.5 Å². The maximum atomic E-state index is 14.1. The predicted octanol–water partition coefficient (Wildman–Crippen LogP) is 3.15. The highest BCUT2D eigenvalue weighted by Gasteiger charge is 2.25. The average Bonchev–Trinajstić information content (AvgIpc) is 3.04. The lowest BCUT2D eigenvalue weighted by Gasteiger charge is -2.35. The molecule has 1 N–H and O–H groups in total. The monoisotopic (exact) mass is 284 g/mol. The van der Waals surface area contributed by atoms with Gasteiger partial charge in [0.2, 0.25) is 0 Å². The quantitative estimate of drug-likeness (QED) is 0.942. The lowest BCUT2D eigenvalue weighted by atomic mass is 9.96. The highest BCUT2D eigenvalue weighted by atomic mass is 19.1. The third kappa shape index (κ3) is 2.96. The van der Waals surface area contributed by atoms with Gasteiger partial charge >= 0.3 is 0 Å². The van der Waals surface area contributed by atoms with Gasteiger partial charge in [-0.15, -0.1) is 0 Å². The van der Waals surface area contributed by atoms with Crippen molar-refractivity contribution < 1.29 is 4.39 Å². The third-order valence-electron chi connectivity index (χ3n) is 4.07. The molecule has 1 aromatic heterocycles. The lowest BCUT2D eigenvalue weighted by molar-refractivity contribution is 0.139. The largest absolute Gasteiger partial charge is 0.292 e. The van der Waals surface area contributed by atoms with Gasteiger partial charge in [-0.3, -0.25) is 10.00 Å². The second-order valence-corrected chi connectivity index (χ2v) is 5.43. The molecule has 1 saturated heterocycles. The van der Waals surface area contributed by atoms with Crippen molar-refractivity contribution in [1.82, 2.24) is 15.1 Å². The smallest absolute Gasteiger partial charge is 0.129 e. The molecular weight excluding hydrogens is 267 g/mol. The van der Waals surface area contributed by atoms with Crippen molar-refractivity contribution in [2.75, 3.05) is 6.54 Å². The summed E-state index contributed by atoms with van der Waals surface area (Å²) in [4.78, 5) is 2.29. The van der Waals surface area contributed by atoms with E-state index in [0.717, 1.165) is 24.9 Å². The molecule has 1 aromatic carbocycles. The Balaban J connectivity index is 1.80. The van der Waals surface area contributed by atoms with Crippen LogP contribution >= 0.6 is 0 Å². The van der Waals surface area contributed by atoms with Crippen LogP contribution < -0.4 is 0 Å². The van der Waals surface area contributed by atoms with Gasteiger partial charge in [0.05, 0.1) is 17.8 Å². The number of halogens is 1. The molecule has 0 radical (unpaired) electrons.